The number of methoxy groups -OCH3 is 1. The van der Waals surface area contributed by atoms with Gasteiger partial charge in [-0.05, 0) is 6.92 Å². The van der Waals surface area contributed by atoms with Crippen LogP contribution in [-0.4, -0.2) is 27.2 Å². The lowest BCUT2D eigenvalue weighted by molar-refractivity contribution is 0.247. The van der Waals surface area contributed by atoms with E-state index >= 15 is 0 Å². The van der Waals surface area contributed by atoms with Gasteiger partial charge in [0, 0.05) is 13.3 Å². The molecule has 62 valence electrons. The number of ether oxygens (including phenoxy) is 1. The molecule has 1 heterocycles. The molecule has 5 heteroatoms. The Morgan fingerprint density at radius 1 is 1.64 bits per heavy atom. The number of hydrogen-bond donors (Lipinski definition) is 0. The van der Waals surface area contributed by atoms with E-state index in [9.17, 15) is 8.42 Å². The van der Waals surface area contributed by atoms with E-state index in [2.05, 4.69) is 9.73 Å². The Balaban J connectivity index is 2.93. The average molecular weight is 175 g/mol. The highest BCUT2D eigenvalue weighted by atomic mass is 32.2. The van der Waals surface area contributed by atoms with Gasteiger partial charge in [-0.25, -0.2) is 13.4 Å². The van der Waals surface area contributed by atoms with Gasteiger partial charge < -0.3 is 4.74 Å². The largest absolute Gasteiger partial charge is 0.378 e. The highest BCUT2D eigenvalue weighted by Gasteiger charge is 2.25. The Kier molecular flexibility index (Phi) is 2.10. The predicted octanol–water partition coefficient (Wildman–Crippen LogP) is 0.321. The lowest BCUT2D eigenvalue weighted by Gasteiger charge is -1.98. The van der Waals surface area contributed by atoms with Crippen molar-refractivity contribution in [1.82, 2.24) is 0 Å². The second-order valence-corrected chi connectivity index (χ2v) is 4.32. The molecule has 0 aliphatic carbocycles. The van der Waals surface area contributed by atoms with Gasteiger partial charge in [0.15, 0.2) is 5.04 Å². The standard InChI is InChI=1S/C6H9NO3S/c1-5-3-7-6(4-10-2)11(5,8)9/h3H,4H2,1-2H3. The molecule has 0 radical (unpaired) electrons. The Bertz CT molecular complexity index is 313. The van der Waals surface area contributed by atoms with Crippen molar-refractivity contribution < 1.29 is 13.2 Å². The van der Waals surface area contributed by atoms with Crippen LogP contribution in [0.2, 0.25) is 0 Å². The molecule has 0 N–H and O–H groups in total. The Morgan fingerprint density at radius 3 is 2.64 bits per heavy atom. The van der Waals surface area contributed by atoms with Crippen molar-refractivity contribution in [2.75, 3.05) is 13.7 Å². The summed E-state index contributed by atoms with van der Waals surface area (Å²) in [5.74, 6) is 0. The third-order valence-electron chi connectivity index (χ3n) is 1.39. The topological polar surface area (TPSA) is 55.7 Å². The first-order valence-electron chi connectivity index (χ1n) is 3.06. The third kappa shape index (κ3) is 1.34. The van der Waals surface area contributed by atoms with Gasteiger partial charge >= 0.3 is 0 Å². The fourth-order valence-corrected chi connectivity index (χ4v) is 1.75. The summed E-state index contributed by atoms with van der Waals surface area (Å²) in [5.41, 5.74) is 0. The Morgan fingerprint density at radius 2 is 2.27 bits per heavy atom. The fourth-order valence-electron chi connectivity index (χ4n) is 0.726. The molecule has 11 heavy (non-hydrogen) atoms. The molecule has 4 nitrogen and oxygen atoms in total. The summed E-state index contributed by atoms with van der Waals surface area (Å²) >= 11 is 0. The lowest BCUT2D eigenvalue weighted by Crippen LogP contribution is -2.16. The monoisotopic (exact) mass is 175 g/mol. The SMILES string of the molecule is COCC1=NC=C(C)S1(=O)=O. The Hall–Kier alpha value is -0.680. The first kappa shape index (κ1) is 8.42. The normalized spacial score (nSPS) is 21.3. The number of aliphatic imine (C=N–C) groups is 1. The van der Waals surface area contributed by atoms with E-state index in [1.165, 1.54) is 20.2 Å². The van der Waals surface area contributed by atoms with E-state index in [0.717, 1.165) is 0 Å². The van der Waals surface area contributed by atoms with Crippen LogP contribution in [0.5, 0.6) is 0 Å². The maximum absolute atomic E-state index is 11.2. The van der Waals surface area contributed by atoms with Gasteiger partial charge in [0.05, 0.1) is 11.5 Å². The van der Waals surface area contributed by atoms with Gasteiger partial charge in [0.25, 0.3) is 0 Å². The van der Waals surface area contributed by atoms with E-state index in [-0.39, 0.29) is 16.6 Å². The van der Waals surface area contributed by atoms with Crippen LogP contribution < -0.4 is 0 Å². The zero-order valence-corrected chi connectivity index (χ0v) is 7.18. The second kappa shape index (κ2) is 2.75. The molecule has 0 atom stereocenters. The fraction of sp³-hybridized carbons (Fsp3) is 0.500. The van der Waals surface area contributed by atoms with E-state index in [1.807, 2.05) is 0 Å². The predicted molar refractivity (Wildman–Crippen MR) is 42.0 cm³/mol. The number of nitrogens with zero attached hydrogens (tertiary/aromatic N) is 1. The molecule has 0 unspecified atom stereocenters. The molecule has 0 saturated heterocycles. The minimum absolute atomic E-state index is 0.0518. The number of sulfone groups is 1. The van der Waals surface area contributed by atoms with Crippen LogP contribution in [0.25, 0.3) is 0 Å². The minimum Gasteiger partial charge on any atom is -0.378 e. The number of rotatable bonds is 2. The van der Waals surface area contributed by atoms with Crippen LogP contribution in [0.1, 0.15) is 6.92 Å². The smallest absolute Gasteiger partial charge is 0.219 e. The minimum atomic E-state index is -3.24. The van der Waals surface area contributed by atoms with Crippen LogP contribution in [0.15, 0.2) is 16.1 Å². The number of hydrogen-bond acceptors (Lipinski definition) is 4. The maximum atomic E-state index is 11.2. The Labute approximate surface area is 65.5 Å². The molecule has 0 fully saturated rings. The molecule has 0 bridgehead atoms. The van der Waals surface area contributed by atoms with Gasteiger partial charge in [0.2, 0.25) is 9.84 Å². The molecule has 0 aromatic heterocycles. The lowest BCUT2D eigenvalue weighted by atomic mass is 10.7. The van der Waals surface area contributed by atoms with Crippen molar-refractivity contribution in [2.45, 2.75) is 6.92 Å². The molecule has 0 saturated carbocycles. The van der Waals surface area contributed by atoms with Gasteiger partial charge in [-0.1, -0.05) is 0 Å². The summed E-state index contributed by atoms with van der Waals surface area (Å²) < 4.78 is 27.1. The second-order valence-electron chi connectivity index (χ2n) is 2.20. The molecule has 0 aromatic carbocycles. The van der Waals surface area contributed by atoms with Crippen molar-refractivity contribution >= 4 is 14.9 Å². The average Bonchev–Trinajstić information content (AvgIpc) is 2.16. The molecular formula is C6H9NO3S. The van der Waals surface area contributed by atoms with Crippen LogP contribution in [0.3, 0.4) is 0 Å². The molecule has 0 spiro atoms. The molecule has 1 rings (SSSR count). The van der Waals surface area contributed by atoms with Crippen LogP contribution in [0.4, 0.5) is 0 Å². The highest BCUT2D eigenvalue weighted by Crippen LogP contribution is 2.15. The van der Waals surface area contributed by atoms with E-state index in [1.54, 1.807) is 0 Å². The summed E-state index contributed by atoms with van der Waals surface area (Å²) in [5, 5.41) is 0.0949. The zero-order valence-electron chi connectivity index (χ0n) is 6.36. The van der Waals surface area contributed by atoms with Gasteiger partial charge in [-0.2, -0.15) is 0 Å². The zero-order chi connectivity index (χ0) is 8.48. The molecule has 1 aliphatic heterocycles. The summed E-state index contributed by atoms with van der Waals surface area (Å²) in [6.07, 6.45) is 1.34. The van der Waals surface area contributed by atoms with Crippen molar-refractivity contribution in [2.24, 2.45) is 4.99 Å². The number of allylic oxidation sites excluding steroid dienone is 1. The molecular weight excluding hydrogens is 166 g/mol. The third-order valence-corrected chi connectivity index (χ3v) is 3.19. The summed E-state index contributed by atoms with van der Waals surface area (Å²) in [6, 6.07) is 0. The first-order chi connectivity index (χ1) is 5.09. The molecule has 0 aromatic rings. The van der Waals surface area contributed by atoms with Gasteiger partial charge in [-0.3, -0.25) is 0 Å². The summed E-state index contributed by atoms with van der Waals surface area (Å²) in [6.45, 7) is 1.57. The van der Waals surface area contributed by atoms with Crippen molar-refractivity contribution in [3.05, 3.63) is 11.1 Å². The maximum Gasteiger partial charge on any atom is 0.219 e. The van der Waals surface area contributed by atoms with Gasteiger partial charge in [-0.15, -0.1) is 0 Å². The first-order valence-corrected chi connectivity index (χ1v) is 4.55. The van der Waals surface area contributed by atoms with Crippen molar-refractivity contribution in [3.8, 4) is 0 Å². The quantitative estimate of drug-likeness (QED) is 0.607. The van der Waals surface area contributed by atoms with E-state index in [0.29, 0.717) is 0 Å². The van der Waals surface area contributed by atoms with Crippen LogP contribution in [-0.2, 0) is 14.6 Å². The van der Waals surface area contributed by atoms with E-state index in [4.69, 9.17) is 0 Å². The van der Waals surface area contributed by atoms with Gasteiger partial charge in [0.1, 0.15) is 0 Å². The van der Waals surface area contributed by atoms with E-state index < -0.39 is 9.84 Å². The van der Waals surface area contributed by atoms with Crippen molar-refractivity contribution in [3.63, 3.8) is 0 Å². The summed E-state index contributed by atoms with van der Waals surface area (Å²) in [7, 11) is -1.81. The van der Waals surface area contributed by atoms with Crippen LogP contribution in [0, 0.1) is 0 Å². The summed E-state index contributed by atoms with van der Waals surface area (Å²) in [4.78, 5) is 3.98. The van der Waals surface area contributed by atoms with Crippen LogP contribution >= 0.6 is 0 Å². The van der Waals surface area contributed by atoms with Crippen molar-refractivity contribution in [1.29, 1.82) is 0 Å². The molecule has 1 aliphatic rings. The highest BCUT2D eigenvalue weighted by molar-refractivity contribution is 8.10. The molecule has 0 amide bonds.